The number of hydrogen-bond donors (Lipinski definition) is 5. The van der Waals surface area contributed by atoms with Crippen molar-refractivity contribution in [3.8, 4) is 6.07 Å². The van der Waals surface area contributed by atoms with Crippen LogP contribution >= 0.6 is 0 Å². The predicted octanol–water partition coefficient (Wildman–Crippen LogP) is -1.42. The minimum Gasteiger partial charge on any atom is -0.394 e. The molecule has 0 aromatic heterocycles. The average Bonchev–Trinajstić information content (AvgIpc) is 2.66. The zero-order valence-corrected chi connectivity index (χ0v) is 15.0. The Bertz CT molecular complexity index is 728. The summed E-state index contributed by atoms with van der Waals surface area (Å²) in [7, 11) is 3.77. The second-order valence-electron chi connectivity index (χ2n) is 6.38. The van der Waals surface area contributed by atoms with Gasteiger partial charge in [0.1, 0.15) is 36.0 Å². The Hall–Kier alpha value is -2.48. The maximum absolute atomic E-state index is 12.4. The topological polar surface area (TPSA) is 146 Å². The number of aliphatic hydroxyl groups excluding tert-OH is 4. The van der Waals surface area contributed by atoms with E-state index in [1.54, 1.807) is 18.2 Å². The third-order valence-corrected chi connectivity index (χ3v) is 4.28. The molecule has 1 amide bonds. The minimum absolute atomic E-state index is 0.245. The first kappa shape index (κ1) is 20.8. The molecule has 1 aliphatic rings. The van der Waals surface area contributed by atoms with E-state index < -0.39 is 43.2 Å². The van der Waals surface area contributed by atoms with Gasteiger partial charge >= 0.3 is 0 Å². The van der Waals surface area contributed by atoms with E-state index in [1.165, 1.54) is 6.08 Å². The third kappa shape index (κ3) is 4.82. The highest BCUT2D eigenvalue weighted by atomic mass is 16.6. The summed E-state index contributed by atoms with van der Waals surface area (Å²) in [6, 6.07) is 7.54. The van der Waals surface area contributed by atoms with Crippen molar-refractivity contribution in [3.63, 3.8) is 0 Å². The Morgan fingerprint density at radius 3 is 2.41 bits per heavy atom. The van der Waals surface area contributed by atoms with Gasteiger partial charge in [-0.25, -0.2) is 0 Å². The van der Waals surface area contributed by atoms with Gasteiger partial charge < -0.3 is 35.4 Å². The normalized spacial score (nSPS) is 28.3. The largest absolute Gasteiger partial charge is 0.394 e. The molecule has 5 atom stereocenters. The molecule has 1 aromatic rings. The van der Waals surface area contributed by atoms with Crippen LogP contribution in [-0.4, -0.2) is 77.7 Å². The Balaban J connectivity index is 2.13. The first-order valence-corrected chi connectivity index (χ1v) is 8.29. The number of anilines is 1. The number of benzene rings is 1. The van der Waals surface area contributed by atoms with Gasteiger partial charge in [-0.15, -0.1) is 0 Å². The van der Waals surface area contributed by atoms with Gasteiger partial charge in [-0.1, -0.05) is 12.1 Å². The van der Waals surface area contributed by atoms with Crippen LogP contribution in [0.2, 0.25) is 0 Å². The molecule has 9 nitrogen and oxygen atoms in total. The number of nitrogens with one attached hydrogen (secondary N) is 1. The molecular weight excluding hydrogens is 354 g/mol. The van der Waals surface area contributed by atoms with Crippen molar-refractivity contribution in [3.05, 3.63) is 35.4 Å². The molecule has 0 saturated carbocycles. The van der Waals surface area contributed by atoms with E-state index in [0.29, 0.717) is 5.56 Å². The number of aliphatic hydroxyl groups is 4. The number of nitrogens with zero attached hydrogens (tertiary/aromatic N) is 2. The quantitative estimate of drug-likeness (QED) is 0.310. The van der Waals surface area contributed by atoms with Gasteiger partial charge in [0.2, 0.25) is 0 Å². The van der Waals surface area contributed by atoms with Crippen LogP contribution in [0.4, 0.5) is 5.69 Å². The Labute approximate surface area is 156 Å². The lowest BCUT2D eigenvalue weighted by Gasteiger charge is -2.40. The molecule has 2 rings (SSSR count). The summed E-state index contributed by atoms with van der Waals surface area (Å²) >= 11 is 0. The van der Waals surface area contributed by atoms with Gasteiger partial charge in [0, 0.05) is 19.8 Å². The van der Waals surface area contributed by atoms with Crippen molar-refractivity contribution in [1.29, 1.82) is 5.26 Å². The summed E-state index contributed by atoms with van der Waals surface area (Å²) in [4.78, 5) is 14.3. The highest BCUT2D eigenvalue weighted by molar-refractivity contribution is 6.01. The highest BCUT2D eigenvalue weighted by Gasteiger charge is 2.44. The fourth-order valence-corrected chi connectivity index (χ4v) is 2.67. The first-order valence-electron chi connectivity index (χ1n) is 8.29. The van der Waals surface area contributed by atoms with E-state index in [0.717, 1.165) is 5.69 Å². The monoisotopic (exact) mass is 377 g/mol. The molecule has 0 radical (unpaired) electrons. The van der Waals surface area contributed by atoms with Gasteiger partial charge in [-0.3, -0.25) is 4.79 Å². The van der Waals surface area contributed by atoms with Crippen molar-refractivity contribution in [2.24, 2.45) is 0 Å². The van der Waals surface area contributed by atoms with Gasteiger partial charge in [-0.2, -0.15) is 5.26 Å². The average molecular weight is 377 g/mol. The lowest BCUT2D eigenvalue weighted by molar-refractivity contribution is -0.253. The molecule has 1 fully saturated rings. The van der Waals surface area contributed by atoms with Crippen LogP contribution in [0.15, 0.2) is 29.8 Å². The standard InChI is InChI=1S/C18H23N3O6/c1-21(2)12-5-3-10(4-6-12)7-11(8-19)17(25)20-14-16(24)15(23)13(9-22)27-18(14)26/h3-7,13-16,18,22-24,26H,9H2,1-2H3,(H,20,25)/b11-7+/t13-,14-,15-,16-,18?/m1/s1. The van der Waals surface area contributed by atoms with Gasteiger partial charge in [0.25, 0.3) is 5.91 Å². The van der Waals surface area contributed by atoms with Gasteiger partial charge in [0.15, 0.2) is 6.29 Å². The van der Waals surface area contributed by atoms with Crippen molar-refractivity contribution < 1.29 is 30.0 Å². The SMILES string of the molecule is CN(C)c1ccc(/C=C(\C#N)C(=O)N[C@H]2C(O)O[C@H](CO)[C@@H](O)[C@@H]2O)cc1. The lowest BCUT2D eigenvalue weighted by Crippen LogP contribution is -2.64. The van der Waals surface area contributed by atoms with Gasteiger partial charge in [0.05, 0.1) is 6.61 Å². The van der Waals surface area contributed by atoms with E-state index in [2.05, 4.69) is 5.32 Å². The van der Waals surface area contributed by atoms with Crippen molar-refractivity contribution in [1.82, 2.24) is 5.32 Å². The summed E-state index contributed by atoms with van der Waals surface area (Å²) in [5.41, 5.74) is 1.33. The molecule has 1 unspecified atom stereocenters. The number of carbonyl (C=O) groups excluding carboxylic acids is 1. The molecule has 1 aliphatic heterocycles. The predicted molar refractivity (Wildman–Crippen MR) is 96.3 cm³/mol. The molecular formula is C18H23N3O6. The van der Waals surface area contributed by atoms with E-state index >= 15 is 0 Å². The van der Waals surface area contributed by atoms with Crippen molar-refractivity contribution in [2.45, 2.75) is 30.6 Å². The first-order chi connectivity index (χ1) is 12.8. The van der Waals surface area contributed by atoms with E-state index in [9.17, 15) is 25.4 Å². The van der Waals surface area contributed by atoms with Crippen LogP contribution in [0.5, 0.6) is 0 Å². The lowest BCUT2D eigenvalue weighted by atomic mass is 9.96. The van der Waals surface area contributed by atoms with E-state index in [1.807, 2.05) is 31.1 Å². The van der Waals surface area contributed by atoms with Crippen LogP contribution in [0.3, 0.4) is 0 Å². The molecule has 0 bridgehead atoms. The number of amides is 1. The van der Waals surface area contributed by atoms with Gasteiger partial charge in [-0.05, 0) is 23.8 Å². The molecule has 5 N–H and O–H groups in total. The molecule has 9 heteroatoms. The number of nitriles is 1. The molecule has 1 aromatic carbocycles. The number of rotatable bonds is 5. The maximum Gasteiger partial charge on any atom is 0.262 e. The smallest absolute Gasteiger partial charge is 0.262 e. The molecule has 0 spiro atoms. The number of carbonyl (C=O) groups is 1. The van der Waals surface area contributed by atoms with Crippen LogP contribution in [0.25, 0.3) is 6.08 Å². The Kier molecular flexibility index (Phi) is 6.90. The maximum atomic E-state index is 12.4. The van der Waals surface area contributed by atoms with E-state index in [-0.39, 0.29) is 5.57 Å². The summed E-state index contributed by atoms with van der Waals surface area (Å²) in [6.07, 6.45) is -4.54. The third-order valence-electron chi connectivity index (χ3n) is 4.28. The minimum atomic E-state index is -1.65. The summed E-state index contributed by atoms with van der Waals surface area (Å²) in [5, 5.41) is 50.4. The number of hydrogen-bond acceptors (Lipinski definition) is 8. The second kappa shape index (κ2) is 8.94. The van der Waals surface area contributed by atoms with Crippen LogP contribution in [0, 0.1) is 11.3 Å². The molecule has 146 valence electrons. The second-order valence-corrected chi connectivity index (χ2v) is 6.38. The fraction of sp³-hybridized carbons (Fsp3) is 0.444. The molecule has 1 heterocycles. The van der Waals surface area contributed by atoms with Crippen molar-refractivity contribution in [2.75, 3.05) is 25.6 Å². The van der Waals surface area contributed by atoms with E-state index in [4.69, 9.17) is 9.84 Å². The molecule has 27 heavy (non-hydrogen) atoms. The number of ether oxygens (including phenoxy) is 1. The fourth-order valence-electron chi connectivity index (χ4n) is 2.67. The zero-order chi connectivity index (χ0) is 20.1. The summed E-state index contributed by atoms with van der Waals surface area (Å²) in [6.45, 7) is -0.609. The summed E-state index contributed by atoms with van der Waals surface area (Å²) < 4.78 is 4.97. The Morgan fingerprint density at radius 2 is 1.89 bits per heavy atom. The Morgan fingerprint density at radius 1 is 1.26 bits per heavy atom. The zero-order valence-electron chi connectivity index (χ0n) is 15.0. The highest BCUT2D eigenvalue weighted by Crippen LogP contribution is 2.20. The summed E-state index contributed by atoms with van der Waals surface area (Å²) in [5.74, 6) is -0.837. The molecule has 1 saturated heterocycles. The molecule has 0 aliphatic carbocycles. The van der Waals surface area contributed by atoms with Crippen LogP contribution < -0.4 is 10.2 Å². The van der Waals surface area contributed by atoms with Crippen LogP contribution in [0.1, 0.15) is 5.56 Å². The van der Waals surface area contributed by atoms with Crippen molar-refractivity contribution >= 4 is 17.7 Å². The van der Waals surface area contributed by atoms with Crippen LogP contribution in [-0.2, 0) is 9.53 Å².